The lowest BCUT2D eigenvalue weighted by Gasteiger charge is -2.06. The maximum absolute atomic E-state index is 11.1. The van der Waals surface area contributed by atoms with Crippen LogP contribution in [0.25, 0.3) is 11.0 Å². The van der Waals surface area contributed by atoms with Gasteiger partial charge in [0.05, 0.1) is 29.5 Å². The van der Waals surface area contributed by atoms with E-state index in [2.05, 4.69) is 9.72 Å². The molecule has 0 spiro atoms. The Kier molecular flexibility index (Phi) is 3.13. The van der Waals surface area contributed by atoms with Crippen molar-refractivity contribution in [2.45, 2.75) is 6.54 Å². The minimum Gasteiger partial charge on any atom is -0.478 e. The summed E-state index contributed by atoms with van der Waals surface area (Å²) in [6.45, 7) is 0.360. The average Bonchev–Trinajstić information content (AvgIpc) is 2.72. The number of amides is 1. The summed E-state index contributed by atoms with van der Waals surface area (Å²) in [6, 6.07) is 4.84. The van der Waals surface area contributed by atoms with Crippen molar-refractivity contribution in [3.05, 3.63) is 30.1 Å². The summed E-state index contributed by atoms with van der Waals surface area (Å²) >= 11 is 0. The van der Waals surface area contributed by atoms with Crippen LogP contribution in [0.4, 0.5) is 4.79 Å². The molecule has 0 fully saturated rings. The first-order chi connectivity index (χ1) is 8.59. The number of carboxylic acid groups (broad SMARTS) is 1. The predicted molar refractivity (Wildman–Crippen MR) is 62.2 cm³/mol. The molecule has 1 heterocycles. The fraction of sp³-hybridized carbons (Fsp3) is 0.182. The van der Waals surface area contributed by atoms with E-state index in [-0.39, 0.29) is 12.2 Å². The van der Waals surface area contributed by atoms with Crippen molar-refractivity contribution >= 4 is 23.1 Å². The first kappa shape index (κ1) is 11.9. The molecule has 0 aliphatic rings. The third-order valence-corrected chi connectivity index (χ3v) is 2.45. The smallest absolute Gasteiger partial charge is 0.404 e. The van der Waals surface area contributed by atoms with E-state index >= 15 is 0 Å². The number of hydrogen-bond acceptors (Lipinski definition) is 4. The van der Waals surface area contributed by atoms with Gasteiger partial charge in [-0.25, -0.2) is 14.6 Å². The van der Waals surface area contributed by atoms with Gasteiger partial charge in [0, 0.05) is 0 Å². The molecule has 0 unspecified atom stereocenters. The van der Waals surface area contributed by atoms with Crippen molar-refractivity contribution < 1.29 is 19.4 Å². The van der Waals surface area contributed by atoms with E-state index in [1.165, 1.54) is 12.4 Å². The van der Waals surface area contributed by atoms with E-state index in [0.29, 0.717) is 17.6 Å². The van der Waals surface area contributed by atoms with E-state index in [1.54, 1.807) is 16.7 Å². The average molecular weight is 249 g/mol. The number of imidazole rings is 1. The fourth-order valence-electron chi connectivity index (χ4n) is 1.71. The van der Waals surface area contributed by atoms with Gasteiger partial charge in [0.2, 0.25) is 0 Å². The van der Waals surface area contributed by atoms with Crippen molar-refractivity contribution in [2.24, 2.45) is 5.73 Å². The number of para-hydroxylation sites is 1. The van der Waals surface area contributed by atoms with Gasteiger partial charge >= 0.3 is 12.1 Å². The lowest BCUT2D eigenvalue weighted by atomic mass is 10.2. The Morgan fingerprint density at radius 3 is 2.89 bits per heavy atom. The molecule has 0 saturated carbocycles. The molecule has 0 aliphatic carbocycles. The van der Waals surface area contributed by atoms with Crippen LogP contribution in [-0.4, -0.2) is 33.3 Å². The zero-order valence-corrected chi connectivity index (χ0v) is 9.37. The van der Waals surface area contributed by atoms with E-state index < -0.39 is 12.1 Å². The largest absolute Gasteiger partial charge is 0.478 e. The highest BCUT2D eigenvalue weighted by molar-refractivity contribution is 6.01. The van der Waals surface area contributed by atoms with E-state index in [1.807, 2.05) is 0 Å². The third-order valence-electron chi connectivity index (χ3n) is 2.45. The molecule has 7 nitrogen and oxygen atoms in total. The first-order valence-electron chi connectivity index (χ1n) is 5.19. The van der Waals surface area contributed by atoms with Gasteiger partial charge in [-0.05, 0) is 12.1 Å². The Hall–Kier alpha value is -2.57. The summed E-state index contributed by atoms with van der Waals surface area (Å²) in [7, 11) is 0. The van der Waals surface area contributed by atoms with Gasteiger partial charge in [-0.2, -0.15) is 0 Å². The Morgan fingerprint density at radius 2 is 2.22 bits per heavy atom. The van der Waals surface area contributed by atoms with Crippen LogP contribution in [0.1, 0.15) is 10.4 Å². The zero-order valence-electron chi connectivity index (χ0n) is 9.37. The number of carboxylic acids is 1. The SMILES string of the molecule is NC(=O)OCCn1cnc2cccc(C(=O)O)c21. The Bertz CT molecular complexity index is 605. The van der Waals surface area contributed by atoms with Gasteiger partial charge in [-0.15, -0.1) is 0 Å². The van der Waals surface area contributed by atoms with Crippen LogP contribution >= 0.6 is 0 Å². The maximum atomic E-state index is 11.1. The summed E-state index contributed by atoms with van der Waals surface area (Å²) in [6.07, 6.45) is 0.638. The highest BCUT2D eigenvalue weighted by Gasteiger charge is 2.13. The lowest BCUT2D eigenvalue weighted by Crippen LogP contribution is -2.16. The van der Waals surface area contributed by atoms with Crippen LogP contribution in [0.3, 0.4) is 0 Å². The quantitative estimate of drug-likeness (QED) is 0.834. The molecular formula is C11H11N3O4. The maximum Gasteiger partial charge on any atom is 0.404 e. The van der Waals surface area contributed by atoms with E-state index in [4.69, 9.17) is 10.8 Å². The van der Waals surface area contributed by atoms with Crippen molar-refractivity contribution in [3.8, 4) is 0 Å². The number of nitrogens with zero attached hydrogens (tertiary/aromatic N) is 2. The van der Waals surface area contributed by atoms with E-state index in [9.17, 15) is 9.59 Å². The zero-order chi connectivity index (χ0) is 13.1. The Morgan fingerprint density at radius 1 is 1.44 bits per heavy atom. The number of primary amides is 1. The van der Waals surface area contributed by atoms with Crippen LogP contribution in [0, 0.1) is 0 Å². The number of ether oxygens (including phenoxy) is 1. The summed E-state index contributed by atoms with van der Waals surface area (Å²) in [4.78, 5) is 25.6. The van der Waals surface area contributed by atoms with Crippen LogP contribution in [0.2, 0.25) is 0 Å². The number of carbonyl (C=O) groups is 2. The lowest BCUT2D eigenvalue weighted by molar-refractivity contribution is 0.0698. The molecule has 2 aromatic rings. The van der Waals surface area contributed by atoms with Gasteiger partial charge in [-0.1, -0.05) is 6.07 Å². The topological polar surface area (TPSA) is 107 Å². The van der Waals surface area contributed by atoms with Crippen LogP contribution < -0.4 is 5.73 Å². The number of carbonyl (C=O) groups excluding carboxylic acids is 1. The number of aromatic carboxylic acids is 1. The molecule has 0 aliphatic heterocycles. The molecule has 0 radical (unpaired) electrons. The number of fused-ring (bicyclic) bond motifs is 1. The molecule has 0 atom stereocenters. The Balaban J connectivity index is 2.33. The molecule has 0 bridgehead atoms. The van der Waals surface area contributed by atoms with Gasteiger partial charge in [-0.3, -0.25) is 0 Å². The number of hydrogen-bond donors (Lipinski definition) is 2. The van der Waals surface area contributed by atoms with Crippen molar-refractivity contribution in [1.29, 1.82) is 0 Å². The standard InChI is InChI=1S/C11H11N3O4/c12-11(17)18-5-4-14-6-13-8-3-1-2-7(9(8)14)10(15)16/h1-3,6H,4-5H2,(H2,12,17)(H,15,16). The minimum absolute atomic E-state index is 0.0642. The molecule has 2 rings (SSSR count). The monoisotopic (exact) mass is 249 g/mol. The predicted octanol–water partition coefficient (Wildman–Crippen LogP) is 0.830. The second-order valence-electron chi connectivity index (χ2n) is 3.58. The molecule has 1 aromatic carbocycles. The van der Waals surface area contributed by atoms with Crippen molar-refractivity contribution in [2.75, 3.05) is 6.61 Å². The summed E-state index contributed by atoms with van der Waals surface area (Å²) in [5, 5.41) is 9.09. The molecule has 1 aromatic heterocycles. The number of nitrogens with two attached hydrogens (primary N) is 1. The normalized spacial score (nSPS) is 10.4. The number of benzene rings is 1. The van der Waals surface area contributed by atoms with Gasteiger partial charge in [0.25, 0.3) is 0 Å². The summed E-state index contributed by atoms with van der Waals surface area (Å²) in [5.74, 6) is -1.03. The van der Waals surface area contributed by atoms with Crippen molar-refractivity contribution in [3.63, 3.8) is 0 Å². The van der Waals surface area contributed by atoms with Gasteiger partial charge < -0.3 is 20.1 Å². The number of aromatic nitrogens is 2. The van der Waals surface area contributed by atoms with Crippen LogP contribution in [0.15, 0.2) is 24.5 Å². The third kappa shape index (κ3) is 2.24. The van der Waals surface area contributed by atoms with Crippen LogP contribution in [0.5, 0.6) is 0 Å². The molecular weight excluding hydrogens is 238 g/mol. The molecule has 1 amide bonds. The van der Waals surface area contributed by atoms with Gasteiger partial charge in [0.1, 0.15) is 6.61 Å². The molecule has 18 heavy (non-hydrogen) atoms. The summed E-state index contributed by atoms with van der Waals surface area (Å²) < 4.78 is 6.22. The van der Waals surface area contributed by atoms with Crippen LogP contribution in [-0.2, 0) is 11.3 Å². The molecule has 7 heteroatoms. The van der Waals surface area contributed by atoms with Crippen molar-refractivity contribution in [1.82, 2.24) is 9.55 Å². The van der Waals surface area contributed by atoms with E-state index in [0.717, 1.165) is 0 Å². The Labute approximate surface area is 102 Å². The molecule has 94 valence electrons. The molecule has 3 N–H and O–H groups in total. The highest BCUT2D eigenvalue weighted by Crippen LogP contribution is 2.17. The van der Waals surface area contributed by atoms with Gasteiger partial charge in [0.15, 0.2) is 0 Å². The first-order valence-corrected chi connectivity index (χ1v) is 5.19. The number of rotatable bonds is 4. The summed E-state index contributed by atoms with van der Waals surface area (Å²) in [5.41, 5.74) is 6.08. The fourth-order valence-corrected chi connectivity index (χ4v) is 1.71. The minimum atomic E-state index is -1.03. The second kappa shape index (κ2) is 4.74. The second-order valence-corrected chi connectivity index (χ2v) is 3.58. The highest BCUT2D eigenvalue weighted by atomic mass is 16.5. The molecule has 0 saturated heterocycles.